The average Bonchev–Trinajstić information content (AvgIpc) is 3.23. The molecular formula is C22H21NO3S. The minimum Gasteiger partial charge on any atom is -0.491 e. The van der Waals surface area contributed by atoms with Crippen LogP contribution in [0.5, 0.6) is 5.75 Å². The first-order chi connectivity index (χ1) is 13.1. The molecule has 0 fully saturated rings. The van der Waals surface area contributed by atoms with E-state index in [1.54, 1.807) is 42.3 Å². The zero-order valence-electron chi connectivity index (χ0n) is 15.3. The number of hydrogen-bond donors (Lipinski definition) is 0. The van der Waals surface area contributed by atoms with Crippen LogP contribution in [-0.4, -0.2) is 36.8 Å². The molecule has 1 aromatic heterocycles. The summed E-state index contributed by atoms with van der Waals surface area (Å²) in [5.74, 6) is 0.494. The van der Waals surface area contributed by atoms with Gasteiger partial charge in [0.05, 0.1) is 17.0 Å². The van der Waals surface area contributed by atoms with Crippen molar-refractivity contribution in [3.05, 3.63) is 87.6 Å². The number of benzene rings is 2. The molecule has 0 N–H and O–H groups in total. The highest BCUT2D eigenvalue weighted by molar-refractivity contribution is 7.12. The fourth-order valence-corrected chi connectivity index (χ4v) is 3.40. The molecule has 0 spiro atoms. The average molecular weight is 379 g/mol. The maximum atomic E-state index is 12.9. The molecule has 0 aliphatic carbocycles. The number of nitrogens with zero attached hydrogens (tertiary/aromatic N) is 1. The second kappa shape index (κ2) is 8.64. The number of amides is 1. The molecule has 3 aromatic rings. The van der Waals surface area contributed by atoms with E-state index in [2.05, 4.69) is 0 Å². The number of para-hydroxylation sites is 1. The Bertz CT molecular complexity index is 934. The topological polar surface area (TPSA) is 46.6 Å². The molecule has 138 valence electrons. The number of ether oxygens (including phenoxy) is 1. The number of aryl methyl sites for hydroxylation is 1. The number of carbonyl (C=O) groups excluding carboxylic acids is 2. The lowest BCUT2D eigenvalue weighted by atomic mass is 10.0. The van der Waals surface area contributed by atoms with Crippen molar-refractivity contribution in [3.8, 4) is 5.75 Å². The molecule has 0 atom stereocenters. The van der Waals surface area contributed by atoms with E-state index < -0.39 is 0 Å². The Morgan fingerprint density at radius 1 is 0.963 bits per heavy atom. The van der Waals surface area contributed by atoms with Crippen molar-refractivity contribution in [2.24, 2.45) is 0 Å². The van der Waals surface area contributed by atoms with Crippen molar-refractivity contribution >= 4 is 23.0 Å². The van der Waals surface area contributed by atoms with Gasteiger partial charge in [-0.3, -0.25) is 9.59 Å². The van der Waals surface area contributed by atoms with E-state index in [1.165, 1.54) is 11.3 Å². The second-order valence-electron chi connectivity index (χ2n) is 6.19. The third-order valence-electron chi connectivity index (χ3n) is 4.27. The predicted molar refractivity (Wildman–Crippen MR) is 108 cm³/mol. The SMILES string of the molecule is Cc1ccccc1OCCN(C)C(=O)c1ccccc1C(=O)c1cccs1. The summed E-state index contributed by atoms with van der Waals surface area (Å²) in [6.07, 6.45) is 0. The van der Waals surface area contributed by atoms with Crippen molar-refractivity contribution in [2.75, 3.05) is 20.2 Å². The van der Waals surface area contributed by atoms with Crippen molar-refractivity contribution in [1.82, 2.24) is 4.90 Å². The molecule has 0 aliphatic heterocycles. The standard InChI is InChI=1S/C22H21NO3S/c1-16-8-3-6-11-19(16)26-14-13-23(2)22(25)18-10-5-4-9-17(18)21(24)20-12-7-15-27-20/h3-12,15H,13-14H2,1-2H3. The van der Waals surface area contributed by atoms with Gasteiger partial charge in [0.1, 0.15) is 12.4 Å². The zero-order valence-corrected chi connectivity index (χ0v) is 16.2. The molecule has 0 saturated carbocycles. The molecular weight excluding hydrogens is 358 g/mol. The fourth-order valence-electron chi connectivity index (χ4n) is 2.73. The van der Waals surface area contributed by atoms with Crippen LogP contribution in [0.15, 0.2) is 66.0 Å². The van der Waals surface area contributed by atoms with Crippen LogP contribution in [-0.2, 0) is 0 Å². The predicted octanol–water partition coefficient (Wildman–Crippen LogP) is 4.44. The van der Waals surface area contributed by atoms with Gasteiger partial charge in [-0.2, -0.15) is 0 Å². The molecule has 0 aliphatic rings. The van der Waals surface area contributed by atoms with Gasteiger partial charge >= 0.3 is 0 Å². The monoisotopic (exact) mass is 379 g/mol. The summed E-state index contributed by atoms with van der Waals surface area (Å²) >= 11 is 1.37. The smallest absolute Gasteiger partial charge is 0.254 e. The summed E-state index contributed by atoms with van der Waals surface area (Å²) in [5, 5.41) is 1.85. The van der Waals surface area contributed by atoms with Gasteiger partial charge in [-0.05, 0) is 36.1 Å². The van der Waals surface area contributed by atoms with E-state index in [9.17, 15) is 9.59 Å². The molecule has 0 unspecified atom stereocenters. The van der Waals surface area contributed by atoms with E-state index in [-0.39, 0.29) is 11.7 Å². The van der Waals surface area contributed by atoms with E-state index in [1.807, 2.05) is 42.6 Å². The third-order valence-corrected chi connectivity index (χ3v) is 5.14. The van der Waals surface area contributed by atoms with Crippen LogP contribution < -0.4 is 4.74 Å². The number of hydrogen-bond acceptors (Lipinski definition) is 4. The lowest BCUT2D eigenvalue weighted by Crippen LogP contribution is -2.32. The zero-order chi connectivity index (χ0) is 19.2. The second-order valence-corrected chi connectivity index (χ2v) is 7.14. The van der Waals surface area contributed by atoms with Gasteiger partial charge in [0, 0.05) is 12.6 Å². The van der Waals surface area contributed by atoms with E-state index in [0.717, 1.165) is 11.3 Å². The summed E-state index contributed by atoms with van der Waals surface area (Å²) in [6.45, 7) is 2.79. The normalized spacial score (nSPS) is 10.4. The first-order valence-electron chi connectivity index (χ1n) is 8.69. The summed E-state index contributed by atoms with van der Waals surface area (Å²) in [5.41, 5.74) is 1.89. The Hall–Kier alpha value is -2.92. The Kier molecular flexibility index (Phi) is 6.04. The Balaban J connectivity index is 1.68. The van der Waals surface area contributed by atoms with Gasteiger partial charge in [0.2, 0.25) is 5.78 Å². The molecule has 0 saturated heterocycles. The van der Waals surface area contributed by atoms with Gasteiger partial charge < -0.3 is 9.64 Å². The highest BCUT2D eigenvalue weighted by atomic mass is 32.1. The van der Waals surface area contributed by atoms with Gasteiger partial charge in [0.25, 0.3) is 5.91 Å². The van der Waals surface area contributed by atoms with Crippen molar-refractivity contribution in [2.45, 2.75) is 6.92 Å². The summed E-state index contributed by atoms with van der Waals surface area (Å²) < 4.78 is 5.77. The Labute approximate surface area is 163 Å². The fraction of sp³-hybridized carbons (Fsp3) is 0.182. The molecule has 1 heterocycles. The van der Waals surface area contributed by atoms with Crippen molar-refractivity contribution in [3.63, 3.8) is 0 Å². The number of ketones is 1. The first-order valence-corrected chi connectivity index (χ1v) is 9.57. The number of likely N-dealkylation sites (N-methyl/N-ethyl adjacent to an activating group) is 1. The minimum atomic E-state index is -0.191. The van der Waals surface area contributed by atoms with Crippen LogP contribution in [0.4, 0.5) is 0 Å². The third kappa shape index (κ3) is 4.44. The van der Waals surface area contributed by atoms with Crippen LogP contribution in [0.3, 0.4) is 0 Å². The van der Waals surface area contributed by atoms with Gasteiger partial charge in [-0.15, -0.1) is 11.3 Å². The van der Waals surface area contributed by atoms with E-state index >= 15 is 0 Å². The van der Waals surface area contributed by atoms with Crippen LogP contribution in [0.2, 0.25) is 0 Å². The molecule has 27 heavy (non-hydrogen) atoms. The molecule has 0 bridgehead atoms. The molecule has 0 radical (unpaired) electrons. The molecule has 1 amide bonds. The highest BCUT2D eigenvalue weighted by Crippen LogP contribution is 2.20. The van der Waals surface area contributed by atoms with Gasteiger partial charge in [0.15, 0.2) is 0 Å². The Morgan fingerprint density at radius 3 is 2.37 bits per heavy atom. The number of rotatable bonds is 7. The van der Waals surface area contributed by atoms with Crippen molar-refractivity contribution in [1.29, 1.82) is 0 Å². The lowest BCUT2D eigenvalue weighted by Gasteiger charge is -2.19. The van der Waals surface area contributed by atoms with Crippen LogP contribution in [0.25, 0.3) is 0 Å². The molecule has 4 nitrogen and oxygen atoms in total. The summed E-state index contributed by atoms with van der Waals surface area (Å²) in [6, 6.07) is 18.3. The largest absolute Gasteiger partial charge is 0.491 e. The number of carbonyl (C=O) groups is 2. The Morgan fingerprint density at radius 2 is 1.67 bits per heavy atom. The van der Waals surface area contributed by atoms with Crippen LogP contribution in [0, 0.1) is 6.92 Å². The number of thiophene rings is 1. The summed E-state index contributed by atoms with van der Waals surface area (Å²) in [7, 11) is 1.72. The van der Waals surface area contributed by atoms with Crippen LogP contribution in [0.1, 0.15) is 31.2 Å². The van der Waals surface area contributed by atoms with E-state index in [4.69, 9.17) is 4.74 Å². The molecule has 5 heteroatoms. The maximum Gasteiger partial charge on any atom is 0.254 e. The van der Waals surface area contributed by atoms with Crippen molar-refractivity contribution < 1.29 is 14.3 Å². The van der Waals surface area contributed by atoms with Gasteiger partial charge in [-0.25, -0.2) is 0 Å². The molecule has 3 rings (SSSR count). The lowest BCUT2D eigenvalue weighted by molar-refractivity contribution is 0.0769. The van der Waals surface area contributed by atoms with E-state index in [0.29, 0.717) is 29.2 Å². The van der Waals surface area contributed by atoms with Gasteiger partial charge in [-0.1, -0.05) is 42.5 Å². The first kappa shape index (κ1) is 18.9. The van der Waals surface area contributed by atoms with Crippen LogP contribution >= 0.6 is 11.3 Å². The minimum absolute atomic E-state index is 0.126. The highest BCUT2D eigenvalue weighted by Gasteiger charge is 2.21. The summed E-state index contributed by atoms with van der Waals surface area (Å²) in [4.78, 5) is 27.8. The molecule has 2 aromatic carbocycles. The quantitative estimate of drug-likeness (QED) is 0.570. The maximum absolute atomic E-state index is 12.9.